The van der Waals surface area contributed by atoms with Crippen molar-refractivity contribution in [3.63, 3.8) is 0 Å². The van der Waals surface area contributed by atoms with Crippen molar-refractivity contribution < 1.29 is 9.26 Å². The molecule has 0 atom stereocenters. The fourth-order valence-electron chi connectivity index (χ4n) is 2.72. The predicted molar refractivity (Wildman–Crippen MR) is 113 cm³/mol. The van der Waals surface area contributed by atoms with E-state index in [1.165, 1.54) is 0 Å². The molecule has 156 valence electrons. The van der Waals surface area contributed by atoms with Crippen LogP contribution in [0.2, 0.25) is 0 Å². The maximum Gasteiger partial charge on any atom is 0.226 e. The van der Waals surface area contributed by atoms with Crippen molar-refractivity contribution in [2.24, 2.45) is 11.8 Å². The molecule has 7 nitrogen and oxygen atoms in total. The smallest absolute Gasteiger partial charge is 0.226 e. The first kappa shape index (κ1) is 21.4. The number of nitrogens with zero attached hydrogens (tertiary/aromatic N) is 5. The van der Waals surface area contributed by atoms with Gasteiger partial charge in [0.2, 0.25) is 5.89 Å². The van der Waals surface area contributed by atoms with Crippen LogP contribution in [0.5, 0.6) is 5.75 Å². The van der Waals surface area contributed by atoms with Crippen molar-refractivity contribution in [2.45, 2.75) is 64.6 Å². The van der Waals surface area contributed by atoms with Crippen LogP contribution in [0.3, 0.4) is 0 Å². The summed E-state index contributed by atoms with van der Waals surface area (Å²) in [5, 5.41) is 13.7. The summed E-state index contributed by atoms with van der Waals surface area (Å²) in [5.41, 5.74) is 0. The van der Waals surface area contributed by atoms with Crippen LogP contribution in [0, 0.1) is 11.8 Å². The lowest BCUT2D eigenvalue weighted by Gasteiger charge is -2.12. The zero-order valence-corrected chi connectivity index (χ0v) is 18.4. The molecule has 0 aliphatic heterocycles. The second-order valence-electron chi connectivity index (χ2n) is 7.83. The van der Waals surface area contributed by atoms with Crippen LogP contribution in [-0.2, 0) is 25.3 Å². The summed E-state index contributed by atoms with van der Waals surface area (Å²) in [4.78, 5) is 4.47. The molecule has 0 radical (unpaired) electrons. The van der Waals surface area contributed by atoms with Gasteiger partial charge in [-0.15, -0.1) is 10.2 Å². The first-order valence-corrected chi connectivity index (χ1v) is 11.0. The summed E-state index contributed by atoms with van der Waals surface area (Å²) in [6.07, 6.45) is 1.84. The van der Waals surface area contributed by atoms with Gasteiger partial charge in [0.25, 0.3) is 0 Å². The minimum atomic E-state index is 0.385. The van der Waals surface area contributed by atoms with Gasteiger partial charge in [0.1, 0.15) is 12.4 Å². The van der Waals surface area contributed by atoms with Crippen LogP contribution in [0.15, 0.2) is 40.0 Å². The molecule has 0 unspecified atom stereocenters. The van der Waals surface area contributed by atoms with Gasteiger partial charge < -0.3 is 13.8 Å². The van der Waals surface area contributed by atoms with Gasteiger partial charge in [-0.25, -0.2) is 0 Å². The molecule has 0 N–H and O–H groups in total. The fraction of sp³-hybridized carbons (Fsp3) is 0.524. The van der Waals surface area contributed by atoms with Gasteiger partial charge >= 0.3 is 0 Å². The summed E-state index contributed by atoms with van der Waals surface area (Å²) < 4.78 is 13.4. The van der Waals surface area contributed by atoms with Crippen LogP contribution < -0.4 is 4.74 Å². The van der Waals surface area contributed by atoms with Gasteiger partial charge in [-0.3, -0.25) is 0 Å². The topological polar surface area (TPSA) is 78.9 Å². The van der Waals surface area contributed by atoms with E-state index in [1.807, 2.05) is 30.3 Å². The molecule has 2 heterocycles. The lowest BCUT2D eigenvalue weighted by atomic mass is 10.1. The first-order chi connectivity index (χ1) is 14.0. The highest BCUT2D eigenvalue weighted by atomic mass is 32.2. The molecule has 0 fully saturated rings. The highest BCUT2D eigenvalue weighted by Gasteiger charge is 2.16. The molecule has 8 heteroatoms. The quantitative estimate of drug-likeness (QED) is 0.417. The van der Waals surface area contributed by atoms with Crippen LogP contribution in [0.4, 0.5) is 0 Å². The third-order valence-corrected chi connectivity index (χ3v) is 5.22. The van der Waals surface area contributed by atoms with E-state index in [0.717, 1.165) is 36.1 Å². The molecule has 2 aromatic heterocycles. The number of para-hydroxylation sites is 1. The van der Waals surface area contributed by atoms with E-state index in [9.17, 15) is 0 Å². The number of benzene rings is 1. The molecular formula is C21H29N5O2S. The summed E-state index contributed by atoms with van der Waals surface area (Å²) in [5.74, 6) is 4.70. The molecule has 3 rings (SSSR count). The van der Waals surface area contributed by atoms with E-state index < -0.39 is 0 Å². The van der Waals surface area contributed by atoms with Crippen molar-refractivity contribution in [1.29, 1.82) is 0 Å². The molecule has 0 saturated heterocycles. The van der Waals surface area contributed by atoms with Crippen molar-refractivity contribution in [2.75, 3.05) is 0 Å². The Labute approximate surface area is 176 Å². The molecule has 3 aromatic rings. The van der Waals surface area contributed by atoms with E-state index in [4.69, 9.17) is 9.26 Å². The maximum atomic E-state index is 5.88. The lowest BCUT2D eigenvalue weighted by molar-refractivity contribution is 0.285. The molecular weight excluding hydrogens is 386 g/mol. The van der Waals surface area contributed by atoms with Crippen LogP contribution in [0.25, 0.3) is 0 Å². The van der Waals surface area contributed by atoms with Crippen molar-refractivity contribution in [1.82, 2.24) is 24.9 Å². The van der Waals surface area contributed by atoms with E-state index in [1.54, 1.807) is 11.8 Å². The Morgan fingerprint density at radius 3 is 2.59 bits per heavy atom. The minimum Gasteiger partial charge on any atom is -0.486 e. The van der Waals surface area contributed by atoms with E-state index in [2.05, 4.69) is 52.6 Å². The van der Waals surface area contributed by atoms with E-state index in [0.29, 0.717) is 35.9 Å². The monoisotopic (exact) mass is 415 g/mol. The average Bonchev–Trinajstić information content (AvgIpc) is 3.29. The van der Waals surface area contributed by atoms with Crippen molar-refractivity contribution in [3.05, 3.63) is 47.9 Å². The zero-order chi connectivity index (χ0) is 20.6. The molecule has 1 aromatic carbocycles. The summed E-state index contributed by atoms with van der Waals surface area (Å²) in [6, 6.07) is 9.76. The number of hydrogen-bond donors (Lipinski definition) is 0. The Bertz CT molecular complexity index is 876. The molecule has 0 aliphatic rings. The third-order valence-electron chi connectivity index (χ3n) is 4.26. The summed E-state index contributed by atoms with van der Waals surface area (Å²) >= 11 is 1.58. The number of hydrogen-bond acceptors (Lipinski definition) is 7. The average molecular weight is 416 g/mol. The van der Waals surface area contributed by atoms with Gasteiger partial charge in [0, 0.05) is 13.0 Å². The Morgan fingerprint density at radius 2 is 1.86 bits per heavy atom. The van der Waals surface area contributed by atoms with Gasteiger partial charge in [-0.2, -0.15) is 4.98 Å². The number of aromatic nitrogens is 5. The zero-order valence-electron chi connectivity index (χ0n) is 17.5. The fourth-order valence-corrected chi connectivity index (χ4v) is 3.55. The van der Waals surface area contributed by atoms with E-state index in [-0.39, 0.29) is 0 Å². The third kappa shape index (κ3) is 6.59. The van der Waals surface area contributed by atoms with Crippen LogP contribution in [0.1, 0.15) is 51.7 Å². The molecule has 29 heavy (non-hydrogen) atoms. The number of thioether (sulfide) groups is 1. The van der Waals surface area contributed by atoms with Gasteiger partial charge in [0.15, 0.2) is 16.8 Å². The molecule has 0 aliphatic carbocycles. The standard InChI is InChI=1S/C21H29N5O2S/c1-15(2)10-11-26-19(13-27-17-8-6-5-7-9-17)23-24-21(26)29-14-18-22-20(28-25-18)12-16(3)4/h5-9,15-16H,10-14H2,1-4H3. The molecule has 0 amide bonds. The highest BCUT2D eigenvalue weighted by Crippen LogP contribution is 2.23. The van der Waals surface area contributed by atoms with Crippen molar-refractivity contribution >= 4 is 11.8 Å². The van der Waals surface area contributed by atoms with Gasteiger partial charge in [-0.05, 0) is 30.4 Å². The first-order valence-electron chi connectivity index (χ1n) is 10.1. The Morgan fingerprint density at radius 1 is 1.07 bits per heavy atom. The lowest BCUT2D eigenvalue weighted by Crippen LogP contribution is -2.10. The molecule has 0 spiro atoms. The van der Waals surface area contributed by atoms with Gasteiger partial charge in [-0.1, -0.05) is 62.8 Å². The van der Waals surface area contributed by atoms with Gasteiger partial charge in [0.05, 0.1) is 5.75 Å². The Hall–Kier alpha value is -2.35. The Balaban J connectivity index is 1.66. The van der Waals surface area contributed by atoms with Crippen molar-refractivity contribution in [3.8, 4) is 5.75 Å². The normalized spacial score (nSPS) is 11.5. The van der Waals surface area contributed by atoms with E-state index >= 15 is 0 Å². The van der Waals surface area contributed by atoms with Crippen LogP contribution >= 0.6 is 11.8 Å². The largest absolute Gasteiger partial charge is 0.486 e. The maximum absolute atomic E-state index is 5.88. The second-order valence-corrected chi connectivity index (χ2v) is 8.77. The molecule has 0 saturated carbocycles. The second kappa shape index (κ2) is 10.4. The number of rotatable bonds is 11. The Kier molecular flexibility index (Phi) is 7.69. The molecule has 0 bridgehead atoms. The SMILES string of the molecule is CC(C)CCn1c(COc2ccccc2)nnc1SCc1noc(CC(C)C)n1. The highest BCUT2D eigenvalue weighted by molar-refractivity contribution is 7.98. The predicted octanol–water partition coefficient (Wildman–Crippen LogP) is 4.78. The van der Waals surface area contributed by atoms with Crippen LogP contribution in [-0.4, -0.2) is 24.9 Å². The number of ether oxygens (including phenoxy) is 1. The minimum absolute atomic E-state index is 0.385. The summed E-state index contributed by atoms with van der Waals surface area (Å²) in [7, 11) is 0. The summed E-state index contributed by atoms with van der Waals surface area (Å²) in [6.45, 7) is 9.94.